The highest BCUT2D eigenvalue weighted by atomic mass is 16.5. The monoisotopic (exact) mass is 285 g/mol. The fraction of sp³-hybridized carbons (Fsp3) is 0.375. The fourth-order valence-corrected chi connectivity index (χ4v) is 2.40. The third kappa shape index (κ3) is 3.49. The average molecular weight is 285 g/mol. The van der Waals surface area contributed by atoms with Gasteiger partial charge in [-0.15, -0.1) is 0 Å². The molecular weight excluding hydrogens is 266 g/mol. The molecule has 5 heteroatoms. The third-order valence-electron chi connectivity index (χ3n) is 3.59. The van der Waals surface area contributed by atoms with Crippen LogP contribution in [0.25, 0.3) is 11.3 Å². The average Bonchev–Trinajstić information content (AvgIpc) is 3.07. The minimum Gasteiger partial charge on any atom is -0.497 e. The Morgan fingerprint density at radius 2 is 2.14 bits per heavy atom. The number of nitrogens with one attached hydrogen (secondary N) is 1. The predicted molar refractivity (Wildman–Crippen MR) is 81.5 cm³/mol. The molecule has 1 aliphatic rings. The van der Waals surface area contributed by atoms with Gasteiger partial charge in [-0.3, -0.25) is 0 Å². The Kier molecular flexibility index (Phi) is 4.31. The summed E-state index contributed by atoms with van der Waals surface area (Å²) in [6.45, 7) is 1.66. The molecule has 1 saturated heterocycles. The minimum absolute atomic E-state index is 0.296. The van der Waals surface area contributed by atoms with Crippen molar-refractivity contribution >= 4 is 5.82 Å². The number of anilines is 1. The summed E-state index contributed by atoms with van der Waals surface area (Å²) >= 11 is 0. The summed E-state index contributed by atoms with van der Waals surface area (Å²) in [5.74, 6) is 1.66. The van der Waals surface area contributed by atoms with Gasteiger partial charge in [0, 0.05) is 24.8 Å². The maximum atomic E-state index is 5.60. The van der Waals surface area contributed by atoms with Gasteiger partial charge in [-0.1, -0.05) is 0 Å². The molecule has 0 saturated carbocycles. The van der Waals surface area contributed by atoms with E-state index < -0.39 is 0 Å². The molecule has 1 N–H and O–H groups in total. The van der Waals surface area contributed by atoms with Crippen LogP contribution >= 0.6 is 0 Å². The Morgan fingerprint density at radius 1 is 1.29 bits per heavy atom. The van der Waals surface area contributed by atoms with Crippen molar-refractivity contribution in [2.75, 3.05) is 25.6 Å². The van der Waals surface area contributed by atoms with E-state index in [0.717, 1.165) is 48.8 Å². The van der Waals surface area contributed by atoms with Gasteiger partial charge in [0.05, 0.1) is 18.9 Å². The van der Waals surface area contributed by atoms with E-state index in [1.807, 2.05) is 30.3 Å². The van der Waals surface area contributed by atoms with Crippen molar-refractivity contribution < 1.29 is 9.47 Å². The first-order chi connectivity index (χ1) is 10.3. The molecule has 0 bridgehead atoms. The Hall–Kier alpha value is -2.14. The molecule has 1 aliphatic heterocycles. The van der Waals surface area contributed by atoms with E-state index in [0.29, 0.717) is 6.10 Å². The second-order valence-corrected chi connectivity index (χ2v) is 5.03. The van der Waals surface area contributed by atoms with Crippen LogP contribution in [0.3, 0.4) is 0 Å². The summed E-state index contributed by atoms with van der Waals surface area (Å²) in [5, 5.41) is 3.32. The van der Waals surface area contributed by atoms with Gasteiger partial charge >= 0.3 is 0 Å². The molecule has 1 atom stereocenters. The van der Waals surface area contributed by atoms with Crippen LogP contribution in [0, 0.1) is 0 Å². The van der Waals surface area contributed by atoms with Crippen LogP contribution in [0.4, 0.5) is 5.82 Å². The normalized spacial score (nSPS) is 17.7. The number of benzene rings is 1. The Morgan fingerprint density at radius 3 is 2.86 bits per heavy atom. The van der Waals surface area contributed by atoms with Crippen molar-refractivity contribution in [2.24, 2.45) is 0 Å². The maximum absolute atomic E-state index is 5.60. The van der Waals surface area contributed by atoms with Gasteiger partial charge < -0.3 is 14.8 Å². The SMILES string of the molecule is COc1ccc(-c2cc(NCC3CCCO3)ncn2)cc1. The fourth-order valence-electron chi connectivity index (χ4n) is 2.40. The molecule has 2 aromatic rings. The zero-order valence-electron chi connectivity index (χ0n) is 12.1. The second kappa shape index (κ2) is 6.54. The van der Waals surface area contributed by atoms with Gasteiger partial charge in [-0.2, -0.15) is 0 Å². The number of hydrogen-bond donors (Lipinski definition) is 1. The van der Waals surface area contributed by atoms with Gasteiger partial charge in [0.25, 0.3) is 0 Å². The molecule has 2 heterocycles. The van der Waals surface area contributed by atoms with E-state index >= 15 is 0 Å². The number of rotatable bonds is 5. The van der Waals surface area contributed by atoms with Gasteiger partial charge in [0.1, 0.15) is 17.9 Å². The summed E-state index contributed by atoms with van der Waals surface area (Å²) in [5.41, 5.74) is 1.93. The smallest absolute Gasteiger partial charge is 0.130 e. The summed E-state index contributed by atoms with van der Waals surface area (Å²) in [6, 6.07) is 9.79. The number of methoxy groups -OCH3 is 1. The van der Waals surface area contributed by atoms with Crippen molar-refractivity contribution in [1.82, 2.24) is 9.97 Å². The van der Waals surface area contributed by atoms with Crippen LogP contribution in [0.2, 0.25) is 0 Å². The lowest BCUT2D eigenvalue weighted by Gasteiger charge is -2.11. The maximum Gasteiger partial charge on any atom is 0.130 e. The van der Waals surface area contributed by atoms with Crippen LogP contribution in [-0.2, 0) is 4.74 Å². The molecule has 0 spiro atoms. The summed E-state index contributed by atoms with van der Waals surface area (Å²) < 4.78 is 10.8. The number of nitrogens with zero attached hydrogens (tertiary/aromatic N) is 2. The first-order valence-electron chi connectivity index (χ1n) is 7.17. The second-order valence-electron chi connectivity index (χ2n) is 5.03. The van der Waals surface area contributed by atoms with Gasteiger partial charge in [-0.25, -0.2) is 9.97 Å². The number of hydrogen-bond acceptors (Lipinski definition) is 5. The highest BCUT2D eigenvalue weighted by Crippen LogP contribution is 2.22. The first-order valence-corrected chi connectivity index (χ1v) is 7.17. The van der Waals surface area contributed by atoms with E-state index in [9.17, 15) is 0 Å². The quantitative estimate of drug-likeness (QED) is 0.915. The zero-order valence-corrected chi connectivity index (χ0v) is 12.1. The number of ether oxygens (including phenoxy) is 2. The number of aromatic nitrogens is 2. The van der Waals surface area contributed by atoms with Crippen LogP contribution in [-0.4, -0.2) is 36.3 Å². The lowest BCUT2D eigenvalue weighted by Crippen LogP contribution is -2.18. The Balaban J connectivity index is 1.69. The van der Waals surface area contributed by atoms with Crippen molar-refractivity contribution in [3.05, 3.63) is 36.7 Å². The molecule has 0 aliphatic carbocycles. The molecule has 21 heavy (non-hydrogen) atoms. The molecule has 1 aromatic carbocycles. The van der Waals surface area contributed by atoms with Crippen LogP contribution in [0.1, 0.15) is 12.8 Å². The summed E-state index contributed by atoms with van der Waals surface area (Å²) in [7, 11) is 1.66. The van der Waals surface area contributed by atoms with Crippen molar-refractivity contribution in [1.29, 1.82) is 0 Å². The van der Waals surface area contributed by atoms with Gasteiger partial charge in [0.15, 0.2) is 0 Å². The minimum atomic E-state index is 0.296. The molecule has 1 unspecified atom stereocenters. The molecule has 110 valence electrons. The van der Waals surface area contributed by atoms with Crippen LogP contribution in [0.15, 0.2) is 36.7 Å². The molecule has 1 fully saturated rings. The third-order valence-corrected chi connectivity index (χ3v) is 3.59. The summed E-state index contributed by atoms with van der Waals surface area (Å²) in [6.07, 6.45) is 4.14. The largest absolute Gasteiger partial charge is 0.497 e. The molecule has 0 radical (unpaired) electrons. The van der Waals surface area contributed by atoms with Crippen LogP contribution in [0.5, 0.6) is 5.75 Å². The molecular formula is C16H19N3O2. The molecule has 1 aromatic heterocycles. The summed E-state index contributed by atoms with van der Waals surface area (Å²) in [4.78, 5) is 8.58. The lowest BCUT2D eigenvalue weighted by molar-refractivity contribution is 0.120. The molecule has 5 nitrogen and oxygen atoms in total. The topological polar surface area (TPSA) is 56.3 Å². The van der Waals surface area contributed by atoms with Gasteiger partial charge in [-0.05, 0) is 37.1 Å². The van der Waals surface area contributed by atoms with Gasteiger partial charge in [0.2, 0.25) is 0 Å². The van der Waals surface area contributed by atoms with E-state index in [2.05, 4.69) is 15.3 Å². The Bertz CT molecular complexity index is 580. The zero-order chi connectivity index (χ0) is 14.5. The Labute approximate surface area is 124 Å². The lowest BCUT2D eigenvalue weighted by atomic mass is 10.1. The highest BCUT2D eigenvalue weighted by Gasteiger charge is 2.15. The van der Waals surface area contributed by atoms with Crippen molar-refractivity contribution in [3.63, 3.8) is 0 Å². The highest BCUT2D eigenvalue weighted by molar-refractivity contribution is 5.62. The van der Waals surface area contributed by atoms with E-state index in [4.69, 9.17) is 9.47 Å². The standard InChI is InChI=1S/C16H19N3O2/c1-20-13-6-4-12(5-7-13)15-9-16(19-11-18-15)17-10-14-3-2-8-21-14/h4-7,9,11,14H,2-3,8,10H2,1H3,(H,17,18,19). The predicted octanol–water partition coefficient (Wildman–Crippen LogP) is 2.74. The van der Waals surface area contributed by atoms with E-state index in [1.165, 1.54) is 0 Å². The van der Waals surface area contributed by atoms with E-state index in [-0.39, 0.29) is 0 Å². The van der Waals surface area contributed by atoms with Crippen molar-refractivity contribution in [3.8, 4) is 17.0 Å². The first kappa shape index (κ1) is 13.8. The van der Waals surface area contributed by atoms with Crippen LogP contribution < -0.4 is 10.1 Å². The molecule has 3 rings (SSSR count). The van der Waals surface area contributed by atoms with E-state index in [1.54, 1.807) is 13.4 Å². The molecule has 0 amide bonds. The van der Waals surface area contributed by atoms with Crippen molar-refractivity contribution in [2.45, 2.75) is 18.9 Å².